The van der Waals surface area contributed by atoms with Gasteiger partial charge in [-0.3, -0.25) is 10.1 Å². The van der Waals surface area contributed by atoms with E-state index in [1.54, 1.807) is 0 Å². The Morgan fingerprint density at radius 2 is 2.25 bits per heavy atom. The summed E-state index contributed by atoms with van der Waals surface area (Å²) in [6.07, 6.45) is 7.78. The van der Waals surface area contributed by atoms with E-state index in [1.807, 2.05) is 30.6 Å². The van der Waals surface area contributed by atoms with Crippen molar-refractivity contribution in [3.8, 4) is 12.3 Å². The fourth-order valence-corrected chi connectivity index (χ4v) is 1.98. The van der Waals surface area contributed by atoms with E-state index in [2.05, 4.69) is 26.1 Å². The van der Waals surface area contributed by atoms with Gasteiger partial charge in [0.05, 0.1) is 30.5 Å². The molecule has 2 rings (SSSR count). The van der Waals surface area contributed by atoms with Crippen LogP contribution in [-0.2, 0) is 11.3 Å². The zero-order chi connectivity index (χ0) is 14.2. The van der Waals surface area contributed by atoms with Crippen molar-refractivity contribution in [3.63, 3.8) is 0 Å². The summed E-state index contributed by atoms with van der Waals surface area (Å²) in [6.45, 7) is 2.15. The first-order valence-corrected chi connectivity index (χ1v) is 6.62. The molecule has 1 amide bonds. The maximum Gasteiger partial charge on any atom is 0.233 e. The van der Waals surface area contributed by atoms with Gasteiger partial charge in [0.25, 0.3) is 0 Å². The van der Waals surface area contributed by atoms with Gasteiger partial charge in [-0.2, -0.15) is 0 Å². The molecule has 0 bridgehead atoms. The molecule has 0 saturated carbocycles. The molecule has 104 valence electrons. The second kappa shape index (κ2) is 7.31. The summed E-state index contributed by atoms with van der Waals surface area (Å²) in [5.41, 5.74) is 2.12. The minimum atomic E-state index is -0.0317. The summed E-state index contributed by atoms with van der Waals surface area (Å²) in [5, 5.41) is 5.70. The van der Waals surface area contributed by atoms with Gasteiger partial charge in [0, 0.05) is 13.1 Å². The van der Waals surface area contributed by atoms with E-state index in [-0.39, 0.29) is 12.5 Å². The highest BCUT2D eigenvalue weighted by atomic mass is 16.1. The number of nitrogens with one attached hydrogen (secondary N) is 2. The molecule has 0 saturated heterocycles. The van der Waals surface area contributed by atoms with Crippen molar-refractivity contribution < 1.29 is 4.79 Å². The lowest BCUT2D eigenvalue weighted by molar-refractivity contribution is -0.120. The molecule has 0 aliphatic rings. The van der Waals surface area contributed by atoms with Crippen LogP contribution in [0.3, 0.4) is 0 Å². The molecule has 0 aliphatic heterocycles. The Hall–Kier alpha value is -2.32. The second-order valence-corrected chi connectivity index (χ2v) is 4.44. The molecule has 2 N–H and O–H groups in total. The van der Waals surface area contributed by atoms with E-state index in [0.717, 1.165) is 24.0 Å². The Balaban J connectivity index is 1.71. The van der Waals surface area contributed by atoms with Gasteiger partial charge in [0.1, 0.15) is 0 Å². The van der Waals surface area contributed by atoms with Crippen LogP contribution < -0.4 is 10.6 Å². The molecule has 5 heteroatoms. The van der Waals surface area contributed by atoms with Crippen molar-refractivity contribution in [2.45, 2.75) is 13.0 Å². The molecular formula is C15H18N4O. The van der Waals surface area contributed by atoms with Gasteiger partial charge in [0.15, 0.2) is 0 Å². The predicted octanol–water partition coefficient (Wildman–Crippen LogP) is 0.765. The number of imidazole rings is 1. The number of aryl methyl sites for hydroxylation is 1. The molecule has 0 unspecified atom stereocenters. The predicted molar refractivity (Wildman–Crippen MR) is 79.1 cm³/mol. The van der Waals surface area contributed by atoms with Crippen molar-refractivity contribution in [2.75, 3.05) is 19.6 Å². The number of carbonyl (C=O) groups excluding carboxylic acids is 1. The fraction of sp³-hybridized carbons (Fsp3) is 0.333. The third-order valence-corrected chi connectivity index (χ3v) is 2.94. The summed E-state index contributed by atoms with van der Waals surface area (Å²) in [7, 11) is 0. The fourth-order valence-electron chi connectivity index (χ4n) is 1.98. The molecular weight excluding hydrogens is 252 g/mol. The number of aromatic nitrogens is 2. The largest absolute Gasteiger partial charge is 0.355 e. The van der Waals surface area contributed by atoms with Crippen LogP contribution in [0.2, 0.25) is 0 Å². The number of benzene rings is 1. The number of nitrogens with zero attached hydrogens (tertiary/aromatic N) is 2. The van der Waals surface area contributed by atoms with Crippen LogP contribution in [0.25, 0.3) is 11.0 Å². The summed E-state index contributed by atoms with van der Waals surface area (Å²) in [6, 6.07) is 8.01. The van der Waals surface area contributed by atoms with Gasteiger partial charge in [-0.1, -0.05) is 18.1 Å². The second-order valence-electron chi connectivity index (χ2n) is 4.44. The number of hydrogen-bond donors (Lipinski definition) is 2. The van der Waals surface area contributed by atoms with Gasteiger partial charge in [-0.25, -0.2) is 4.98 Å². The van der Waals surface area contributed by atoms with Crippen molar-refractivity contribution >= 4 is 16.9 Å². The molecule has 0 radical (unpaired) electrons. The number of rotatable bonds is 7. The minimum Gasteiger partial charge on any atom is -0.355 e. The summed E-state index contributed by atoms with van der Waals surface area (Å²) in [5.74, 6) is 2.39. The molecule has 1 aromatic carbocycles. The zero-order valence-electron chi connectivity index (χ0n) is 11.3. The smallest absolute Gasteiger partial charge is 0.233 e. The topological polar surface area (TPSA) is 59.0 Å². The van der Waals surface area contributed by atoms with E-state index >= 15 is 0 Å². The first kappa shape index (κ1) is 14.1. The normalized spacial score (nSPS) is 10.3. The molecule has 0 spiro atoms. The van der Waals surface area contributed by atoms with Crippen molar-refractivity contribution in [3.05, 3.63) is 30.6 Å². The van der Waals surface area contributed by atoms with Crippen LogP contribution >= 0.6 is 0 Å². The maximum absolute atomic E-state index is 11.4. The van der Waals surface area contributed by atoms with Crippen LogP contribution in [0.15, 0.2) is 30.6 Å². The third kappa shape index (κ3) is 3.84. The highest BCUT2D eigenvalue weighted by Crippen LogP contribution is 2.11. The number of hydrogen-bond acceptors (Lipinski definition) is 3. The number of amides is 1. The van der Waals surface area contributed by atoms with Crippen molar-refractivity contribution in [1.82, 2.24) is 20.2 Å². The maximum atomic E-state index is 11.4. The number of terminal acetylenes is 1. The van der Waals surface area contributed by atoms with Crippen LogP contribution in [0.5, 0.6) is 0 Å². The molecule has 0 aliphatic carbocycles. The van der Waals surface area contributed by atoms with E-state index in [0.29, 0.717) is 13.1 Å². The number of carbonyl (C=O) groups is 1. The quantitative estimate of drug-likeness (QED) is 0.577. The average molecular weight is 270 g/mol. The standard InChI is InChI=1S/C15H18N4O/c1-2-8-16-11-15(20)17-9-5-10-19-12-18-13-6-3-4-7-14(13)19/h1,3-4,6-7,12,16H,5,8-11H2,(H,17,20). The van der Waals surface area contributed by atoms with E-state index in [9.17, 15) is 4.79 Å². The Kier molecular flexibility index (Phi) is 5.15. The van der Waals surface area contributed by atoms with Crippen LogP contribution in [0.4, 0.5) is 0 Å². The lowest BCUT2D eigenvalue weighted by Crippen LogP contribution is -2.34. The SMILES string of the molecule is C#CCNCC(=O)NCCCn1cnc2ccccc21. The summed E-state index contributed by atoms with van der Waals surface area (Å²) in [4.78, 5) is 15.8. The Labute approximate surface area is 118 Å². The van der Waals surface area contributed by atoms with E-state index in [1.165, 1.54) is 0 Å². The summed E-state index contributed by atoms with van der Waals surface area (Å²) < 4.78 is 2.10. The molecule has 1 aromatic heterocycles. The first-order chi connectivity index (χ1) is 9.81. The third-order valence-electron chi connectivity index (χ3n) is 2.94. The highest BCUT2D eigenvalue weighted by Gasteiger charge is 2.02. The van der Waals surface area contributed by atoms with Gasteiger partial charge in [-0.05, 0) is 18.6 Å². The monoisotopic (exact) mass is 270 g/mol. The van der Waals surface area contributed by atoms with Gasteiger partial charge in [-0.15, -0.1) is 6.42 Å². The molecule has 1 heterocycles. The lowest BCUT2D eigenvalue weighted by Gasteiger charge is -2.06. The van der Waals surface area contributed by atoms with E-state index in [4.69, 9.17) is 6.42 Å². The van der Waals surface area contributed by atoms with Crippen molar-refractivity contribution in [1.29, 1.82) is 0 Å². The Morgan fingerprint density at radius 3 is 3.10 bits per heavy atom. The van der Waals surface area contributed by atoms with Gasteiger partial charge in [0.2, 0.25) is 5.91 Å². The Bertz CT molecular complexity index is 612. The van der Waals surface area contributed by atoms with Crippen LogP contribution in [0.1, 0.15) is 6.42 Å². The summed E-state index contributed by atoms with van der Waals surface area (Å²) >= 11 is 0. The molecule has 0 atom stereocenters. The highest BCUT2D eigenvalue weighted by molar-refractivity contribution is 5.78. The Morgan fingerprint density at radius 1 is 1.40 bits per heavy atom. The molecule has 5 nitrogen and oxygen atoms in total. The number of para-hydroxylation sites is 2. The van der Waals surface area contributed by atoms with Crippen LogP contribution in [-0.4, -0.2) is 35.1 Å². The molecule has 20 heavy (non-hydrogen) atoms. The van der Waals surface area contributed by atoms with Gasteiger partial charge < -0.3 is 9.88 Å². The minimum absolute atomic E-state index is 0.0317. The van der Waals surface area contributed by atoms with E-state index < -0.39 is 0 Å². The lowest BCUT2D eigenvalue weighted by atomic mass is 10.3. The average Bonchev–Trinajstić information content (AvgIpc) is 2.87. The van der Waals surface area contributed by atoms with Crippen LogP contribution in [0, 0.1) is 12.3 Å². The molecule has 2 aromatic rings. The molecule has 0 fully saturated rings. The van der Waals surface area contributed by atoms with Gasteiger partial charge >= 0.3 is 0 Å². The zero-order valence-corrected chi connectivity index (χ0v) is 11.3. The van der Waals surface area contributed by atoms with Crippen molar-refractivity contribution in [2.24, 2.45) is 0 Å². The number of fused-ring (bicyclic) bond motifs is 1. The first-order valence-electron chi connectivity index (χ1n) is 6.62.